The van der Waals surface area contributed by atoms with E-state index in [1.54, 1.807) is 0 Å². The molecule has 318 valence electrons. The molecule has 0 atom stereocenters. The Hall–Kier alpha value is -9.19. The number of nitrogens with zero attached hydrogens (tertiary/aromatic N) is 4. The van der Waals surface area contributed by atoms with Crippen molar-refractivity contribution in [1.29, 1.82) is 0 Å². The van der Waals surface area contributed by atoms with Crippen LogP contribution in [0.1, 0.15) is 0 Å². The maximum Gasteiger partial charge on any atom is 0.164 e. The van der Waals surface area contributed by atoms with Crippen LogP contribution in [0.25, 0.3) is 128 Å². The number of para-hydroxylation sites is 1. The van der Waals surface area contributed by atoms with E-state index in [-0.39, 0.29) is 0 Å². The van der Waals surface area contributed by atoms with Gasteiger partial charge in [0.05, 0.1) is 16.4 Å². The molecule has 5 nitrogen and oxygen atoms in total. The third-order valence-corrected chi connectivity index (χ3v) is 13.1. The molecule has 3 aromatic heterocycles. The first-order valence-electron chi connectivity index (χ1n) is 22.9. The van der Waals surface area contributed by atoms with E-state index in [4.69, 9.17) is 19.4 Å². The molecule has 0 aliphatic heterocycles. The highest BCUT2D eigenvalue weighted by atomic mass is 16.3. The van der Waals surface area contributed by atoms with Crippen LogP contribution in [0, 0.1) is 0 Å². The lowest BCUT2D eigenvalue weighted by Crippen LogP contribution is -2.00. The minimum Gasteiger partial charge on any atom is -0.456 e. The van der Waals surface area contributed by atoms with Gasteiger partial charge in [0.25, 0.3) is 0 Å². The zero-order valence-corrected chi connectivity index (χ0v) is 36.8. The van der Waals surface area contributed by atoms with Crippen molar-refractivity contribution in [3.05, 3.63) is 243 Å². The smallest absolute Gasteiger partial charge is 0.164 e. The van der Waals surface area contributed by atoms with Crippen molar-refractivity contribution in [3.63, 3.8) is 0 Å². The minimum absolute atomic E-state index is 0.569. The SMILES string of the molecule is c1ccc(-c2ccc(-c3cccc(-n4c5ccccc5c5ccc6oc7cc(-c8nc(-c9ccc(-c%10ccccc%10)cc9)nc(-c9ccc(-c%10ccccc%10)cc9)n8)ccc7c6c54)c3)cc2)cc1. The van der Waals surface area contributed by atoms with E-state index < -0.39 is 0 Å². The van der Waals surface area contributed by atoms with E-state index in [0.29, 0.717) is 17.5 Å². The summed E-state index contributed by atoms with van der Waals surface area (Å²) in [5.41, 5.74) is 16.8. The highest BCUT2D eigenvalue weighted by molar-refractivity contribution is 6.24. The molecule has 68 heavy (non-hydrogen) atoms. The maximum atomic E-state index is 6.81. The van der Waals surface area contributed by atoms with Crippen molar-refractivity contribution in [3.8, 4) is 84.4 Å². The Morgan fingerprint density at radius 3 is 1.26 bits per heavy atom. The van der Waals surface area contributed by atoms with Gasteiger partial charge in [-0.3, -0.25) is 0 Å². The Kier molecular flexibility index (Phi) is 9.43. The van der Waals surface area contributed by atoms with Crippen LogP contribution >= 0.6 is 0 Å². The molecule has 0 saturated heterocycles. The van der Waals surface area contributed by atoms with Crippen molar-refractivity contribution in [2.24, 2.45) is 0 Å². The average Bonchev–Trinajstić information content (AvgIpc) is 3.97. The molecule has 0 radical (unpaired) electrons. The van der Waals surface area contributed by atoms with Crippen molar-refractivity contribution < 1.29 is 4.42 Å². The van der Waals surface area contributed by atoms with Gasteiger partial charge in [0.2, 0.25) is 0 Å². The Labute approximate surface area is 392 Å². The molecule has 3 heterocycles. The number of rotatable bonds is 8. The summed E-state index contributed by atoms with van der Waals surface area (Å²) in [7, 11) is 0. The van der Waals surface area contributed by atoms with Gasteiger partial charge in [-0.25, -0.2) is 15.0 Å². The van der Waals surface area contributed by atoms with Crippen molar-refractivity contribution in [2.45, 2.75) is 0 Å². The van der Waals surface area contributed by atoms with Crippen LogP contribution in [-0.4, -0.2) is 19.5 Å². The van der Waals surface area contributed by atoms with Crippen LogP contribution in [-0.2, 0) is 0 Å². The second-order valence-electron chi connectivity index (χ2n) is 17.2. The molecule has 0 bridgehead atoms. The highest BCUT2D eigenvalue weighted by Crippen LogP contribution is 2.42. The largest absolute Gasteiger partial charge is 0.456 e. The quantitative estimate of drug-likeness (QED) is 0.153. The second kappa shape index (κ2) is 16.4. The van der Waals surface area contributed by atoms with Gasteiger partial charge in [0.15, 0.2) is 17.5 Å². The summed E-state index contributed by atoms with van der Waals surface area (Å²) in [5.74, 6) is 1.77. The van der Waals surface area contributed by atoms with Gasteiger partial charge in [0, 0.05) is 38.5 Å². The van der Waals surface area contributed by atoms with Gasteiger partial charge < -0.3 is 8.98 Å². The summed E-state index contributed by atoms with van der Waals surface area (Å²) in [4.78, 5) is 15.4. The van der Waals surface area contributed by atoms with E-state index in [0.717, 1.165) is 88.7 Å². The van der Waals surface area contributed by atoms with E-state index in [1.165, 1.54) is 21.9 Å². The van der Waals surface area contributed by atoms with Gasteiger partial charge in [-0.2, -0.15) is 0 Å². The molecule has 13 aromatic rings. The van der Waals surface area contributed by atoms with Crippen LogP contribution in [0.15, 0.2) is 247 Å². The maximum absolute atomic E-state index is 6.81. The van der Waals surface area contributed by atoms with Gasteiger partial charge in [0.1, 0.15) is 11.2 Å². The van der Waals surface area contributed by atoms with E-state index in [1.807, 2.05) is 12.1 Å². The number of furan rings is 1. The van der Waals surface area contributed by atoms with Gasteiger partial charge in [-0.15, -0.1) is 0 Å². The normalized spacial score (nSPS) is 11.5. The Balaban J connectivity index is 0.934. The zero-order chi connectivity index (χ0) is 45.0. The van der Waals surface area contributed by atoms with Gasteiger partial charge in [-0.1, -0.05) is 200 Å². The molecule has 0 unspecified atom stereocenters. The van der Waals surface area contributed by atoms with Crippen molar-refractivity contribution in [2.75, 3.05) is 0 Å². The lowest BCUT2D eigenvalue weighted by Gasteiger charge is -2.11. The van der Waals surface area contributed by atoms with E-state index in [2.05, 4.69) is 235 Å². The Bertz CT molecular complexity index is 3870. The third-order valence-electron chi connectivity index (χ3n) is 13.1. The Morgan fingerprint density at radius 2 is 0.706 bits per heavy atom. The standard InChI is InChI=1S/C63H40N4O/c1-4-13-41(14-5-1)44-23-25-47(26-24-44)50-19-12-20-52(39-50)67-56-22-11-10-21-53(56)54-37-38-57-59(60(54)67)55-36-35-51(40-58(55)68-57)63-65-61(48-31-27-45(28-32-48)42-15-6-2-7-16-42)64-62(66-63)49-33-29-46(30-34-49)43-17-8-3-9-18-43/h1-40H. The molecule has 5 heteroatoms. The minimum atomic E-state index is 0.569. The van der Waals surface area contributed by atoms with Crippen LogP contribution in [0.5, 0.6) is 0 Å². The van der Waals surface area contributed by atoms with Crippen molar-refractivity contribution >= 4 is 43.7 Å². The first-order valence-corrected chi connectivity index (χ1v) is 22.9. The monoisotopic (exact) mass is 868 g/mol. The van der Waals surface area contributed by atoms with E-state index in [9.17, 15) is 0 Å². The molecular weight excluding hydrogens is 829 g/mol. The fraction of sp³-hybridized carbons (Fsp3) is 0. The number of benzene rings is 10. The summed E-state index contributed by atoms with van der Waals surface area (Å²) in [6.45, 7) is 0. The zero-order valence-electron chi connectivity index (χ0n) is 36.8. The third kappa shape index (κ3) is 6.93. The molecule has 0 aliphatic carbocycles. The lowest BCUT2D eigenvalue weighted by molar-refractivity contribution is 0.669. The molecular formula is C63H40N4O. The second-order valence-corrected chi connectivity index (χ2v) is 17.2. The number of hydrogen-bond donors (Lipinski definition) is 0. The average molecular weight is 869 g/mol. The van der Waals surface area contributed by atoms with Gasteiger partial charge in [-0.05, 0) is 87.0 Å². The number of aromatic nitrogens is 4. The summed E-state index contributed by atoms with van der Waals surface area (Å²) < 4.78 is 9.20. The highest BCUT2D eigenvalue weighted by Gasteiger charge is 2.21. The first kappa shape index (κ1) is 39.2. The predicted octanol–water partition coefficient (Wildman–Crippen LogP) is 16.5. The molecule has 10 aromatic carbocycles. The predicted molar refractivity (Wildman–Crippen MR) is 279 cm³/mol. The van der Waals surface area contributed by atoms with Crippen LogP contribution < -0.4 is 0 Å². The molecule has 0 spiro atoms. The summed E-state index contributed by atoms with van der Waals surface area (Å²) in [6, 6.07) is 85.2. The summed E-state index contributed by atoms with van der Waals surface area (Å²) in [5, 5.41) is 4.44. The molecule has 0 aliphatic rings. The van der Waals surface area contributed by atoms with Crippen molar-refractivity contribution in [1.82, 2.24) is 19.5 Å². The fourth-order valence-corrected chi connectivity index (χ4v) is 9.68. The van der Waals surface area contributed by atoms with Gasteiger partial charge >= 0.3 is 0 Å². The van der Waals surface area contributed by atoms with E-state index >= 15 is 0 Å². The van der Waals surface area contributed by atoms with Crippen LogP contribution in [0.4, 0.5) is 0 Å². The molecule has 0 saturated carbocycles. The molecule has 13 rings (SSSR count). The number of hydrogen-bond acceptors (Lipinski definition) is 4. The molecule has 0 fully saturated rings. The summed E-state index contributed by atoms with van der Waals surface area (Å²) >= 11 is 0. The lowest BCUT2D eigenvalue weighted by atomic mass is 10.00. The fourth-order valence-electron chi connectivity index (χ4n) is 9.68. The van der Waals surface area contributed by atoms with Crippen LogP contribution in [0.3, 0.4) is 0 Å². The first-order chi connectivity index (χ1) is 33.7. The number of fused-ring (bicyclic) bond motifs is 7. The van der Waals surface area contributed by atoms with Crippen LogP contribution in [0.2, 0.25) is 0 Å². The molecule has 0 amide bonds. The summed E-state index contributed by atoms with van der Waals surface area (Å²) in [6.07, 6.45) is 0. The molecule has 0 N–H and O–H groups in total. The topological polar surface area (TPSA) is 56.7 Å². The Morgan fingerprint density at radius 1 is 0.279 bits per heavy atom.